The standard InChI is InChI=1S/C44H43ClN6O4/c1-5-6-11-41-46-42(45)40(29-52)50(41)28-30-12-14-31(15-13-30)38-9-7-8-10-39(38)43-47-49-51(48-43)44(32-16-22-35(53-2)23-17-32,33-18-24-36(54-3)25-19-33)34-20-26-37(55-4)27-21-34/h7-10,12-27,52H,5-6,11,28-29H2,1-4H3. The fourth-order valence-electron chi connectivity index (χ4n) is 7.08. The maximum absolute atomic E-state index is 10.1. The predicted molar refractivity (Wildman–Crippen MR) is 214 cm³/mol. The van der Waals surface area contributed by atoms with E-state index in [1.54, 1.807) is 26.1 Å². The lowest BCUT2D eigenvalue weighted by Crippen LogP contribution is -2.39. The number of ether oxygens (including phenoxy) is 3. The summed E-state index contributed by atoms with van der Waals surface area (Å²) in [6.45, 7) is 2.53. The number of benzene rings is 5. The Balaban J connectivity index is 1.31. The fourth-order valence-corrected chi connectivity index (χ4v) is 7.34. The number of unbranched alkanes of at least 4 members (excludes halogenated alkanes) is 1. The third-order valence-electron chi connectivity index (χ3n) is 10.0. The Hall–Kier alpha value is -5.97. The van der Waals surface area contributed by atoms with E-state index in [2.05, 4.69) is 42.2 Å². The zero-order valence-electron chi connectivity index (χ0n) is 31.3. The molecule has 5 aromatic carbocycles. The molecule has 0 radical (unpaired) electrons. The van der Waals surface area contributed by atoms with Crippen LogP contribution in [-0.4, -0.2) is 56.2 Å². The molecule has 0 atom stereocenters. The zero-order chi connectivity index (χ0) is 38.4. The predicted octanol–water partition coefficient (Wildman–Crippen LogP) is 8.61. The first-order chi connectivity index (χ1) is 26.9. The topological polar surface area (TPSA) is 109 Å². The van der Waals surface area contributed by atoms with Gasteiger partial charge in [0.1, 0.15) is 23.1 Å². The lowest BCUT2D eigenvalue weighted by molar-refractivity contribution is 0.271. The SMILES string of the molecule is CCCCc1nc(Cl)c(CO)n1Cc1ccc(-c2ccccc2-c2nnn(C(c3ccc(OC)cc3)(c3ccc(OC)cc3)c3ccc(OC)cc3)n2)cc1. The van der Waals surface area contributed by atoms with Crippen molar-refractivity contribution in [1.29, 1.82) is 0 Å². The van der Waals surface area contributed by atoms with Crippen molar-refractivity contribution in [2.75, 3.05) is 21.3 Å². The molecule has 280 valence electrons. The summed E-state index contributed by atoms with van der Waals surface area (Å²) in [5, 5.41) is 25.1. The van der Waals surface area contributed by atoms with E-state index in [9.17, 15) is 5.11 Å². The summed E-state index contributed by atoms with van der Waals surface area (Å²) >= 11 is 6.42. The summed E-state index contributed by atoms with van der Waals surface area (Å²) in [6.07, 6.45) is 2.83. The van der Waals surface area contributed by atoms with Gasteiger partial charge in [0.15, 0.2) is 10.7 Å². The van der Waals surface area contributed by atoms with Crippen molar-refractivity contribution < 1.29 is 19.3 Å². The molecule has 0 aliphatic rings. The van der Waals surface area contributed by atoms with Crippen molar-refractivity contribution in [1.82, 2.24) is 29.8 Å². The Morgan fingerprint density at radius 1 is 0.691 bits per heavy atom. The maximum atomic E-state index is 10.1. The van der Waals surface area contributed by atoms with Gasteiger partial charge in [-0.25, -0.2) is 4.98 Å². The Morgan fingerprint density at radius 2 is 1.22 bits per heavy atom. The Morgan fingerprint density at radius 3 is 1.71 bits per heavy atom. The van der Waals surface area contributed by atoms with Crippen LogP contribution >= 0.6 is 11.6 Å². The summed E-state index contributed by atoms with van der Waals surface area (Å²) < 4.78 is 18.7. The van der Waals surface area contributed by atoms with Gasteiger partial charge in [0.25, 0.3) is 0 Å². The first kappa shape index (κ1) is 37.3. The van der Waals surface area contributed by atoms with Crippen molar-refractivity contribution in [3.05, 3.63) is 160 Å². The molecule has 0 spiro atoms. The molecule has 1 N–H and O–H groups in total. The summed E-state index contributed by atoms with van der Waals surface area (Å²) in [7, 11) is 4.95. The monoisotopic (exact) mass is 754 g/mol. The van der Waals surface area contributed by atoms with Crippen LogP contribution in [0.1, 0.15) is 53.5 Å². The molecule has 7 rings (SSSR count). The average molecular weight is 755 g/mol. The highest BCUT2D eigenvalue weighted by atomic mass is 35.5. The first-order valence-electron chi connectivity index (χ1n) is 18.2. The molecule has 11 heteroatoms. The smallest absolute Gasteiger partial charge is 0.205 e. The molecule has 0 unspecified atom stereocenters. The lowest BCUT2D eigenvalue weighted by Gasteiger charge is -2.34. The lowest BCUT2D eigenvalue weighted by atomic mass is 9.77. The van der Waals surface area contributed by atoms with E-state index in [4.69, 9.17) is 41.2 Å². The van der Waals surface area contributed by atoms with Gasteiger partial charge in [0.2, 0.25) is 5.82 Å². The molecular formula is C44H43ClN6O4. The molecule has 0 aliphatic heterocycles. The van der Waals surface area contributed by atoms with Crippen molar-refractivity contribution in [3.63, 3.8) is 0 Å². The normalized spacial score (nSPS) is 11.5. The number of methoxy groups -OCH3 is 3. The van der Waals surface area contributed by atoms with E-state index >= 15 is 0 Å². The molecule has 0 fully saturated rings. The van der Waals surface area contributed by atoms with Gasteiger partial charge in [0.05, 0.1) is 33.6 Å². The molecule has 0 saturated carbocycles. The third kappa shape index (κ3) is 7.30. The summed E-state index contributed by atoms with van der Waals surface area (Å²) in [5.74, 6) is 3.55. The molecule has 2 aromatic heterocycles. The van der Waals surface area contributed by atoms with Gasteiger partial charge in [-0.15, -0.1) is 15.0 Å². The second-order valence-electron chi connectivity index (χ2n) is 13.2. The fraction of sp³-hybridized carbons (Fsp3) is 0.227. The number of aliphatic hydroxyl groups is 1. The van der Waals surface area contributed by atoms with Crippen molar-refractivity contribution in [2.24, 2.45) is 0 Å². The van der Waals surface area contributed by atoms with Crippen LogP contribution in [0.15, 0.2) is 121 Å². The summed E-state index contributed by atoms with van der Waals surface area (Å²) in [4.78, 5) is 6.25. The Bertz CT molecular complexity index is 2220. The second kappa shape index (κ2) is 16.6. The number of hydrogen-bond acceptors (Lipinski definition) is 8. The van der Waals surface area contributed by atoms with E-state index in [1.165, 1.54) is 0 Å². The summed E-state index contributed by atoms with van der Waals surface area (Å²) in [5.41, 5.74) is 6.14. The van der Waals surface area contributed by atoms with Crippen LogP contribution in [0.5, 0.6) is 17.2 Å². The van der Waals surface area contributed by atoms with Gasteiger partial charge in [-0.3, -0.25) is 0 Å². The van der Waals surface area contributed by atoms with E-state index in [-0.39, 0.29) is 6.61 Å². The molecule has 7 aromatic rings. The quantitative estimate of drug-likeness (QED) is 0.104. The molecule has 0 saturated heterocycles. The number of hydrogen-bond donors (Lipinski definition) is 1. The Labute approximate surface area is 325 Å². The molecule has 55 heavy (non-hydrogen) atoms. The number of nitrogens with zero attached hydrogens (tertiary/aromatic N) is 6. The minimum atomic E-state index is -1.05. The second-order valence-corrected chi connectivity index (χ2v) is 13.5. The van der Waals surface area contributed by atoms with E-state index in [0.717, 1.165) is 81.3 Å². The number of tetrazole rings is 1. The zero-order valence-corrected chi connectivity index (χ0v) is 32.1. The first-order valence-corrected chi connectivity index (χ1v) is 18.6. The molecule has 2 heterocycles. The van der Waals surface area contributed by atoms with Gasteiger partial charge in [-0.05, 0) is 81.4 Å². The van der Waals surface area contributed by atoms with Gasteiger partial charge >= 0.3 is 0 Å². The van der Waals surface area contributed by atoms with Crippen molar-refractivity contribution >= 4 is 11.6 Å². The van der Waals surface area contributed by atoms with Gasteiger partial charge in [-0.1, -0.05) is 110 Å². The van der Waals surface area contributed by atoms with Crippen molar-refractivity contribution in [2.45, 2.75) is 44.9 Å². The van der Waals surface area contributed by atoms with Crippen LogP contribution in [0.4, 0.5) is 0 Å². The van der Waals surface area contributed by atoms with Crippen LogP contribution in [0.3, 0.4) is 0 Å². The van der Waals surface area contributed by atoms with Crippen LogP contribution in [-0.2, 0) is 25.1 Å². The number of rotatable bonds is 15. The average Bonchev–Trinajstić information content (AvgIpc) is 3.85. The maximum Gasteiger partial charge on any atom is 0.205 e. The number of aromatic nitrogens is 6. The van der Waals surface area contributed by atoms with Gasteiger partial charge in [0, 0.05) is 18.5 Å². The van der Waals surface area contributed by atoms with E-state index in [1.807, 2.05) is 95.6 Å². The molecule has 0 bridgehead atoms. The van der Waals surface area contributed by atoms with E-state index in [0.29, 0.717) is 23.2 Å². The van der Waals surface area contributed by atoms with Crippen LogP contribution in [0.2, 0.25) is 5.15 Å². The molecular weight excluding hydrogens is 712 g/mol. The minimum absolute atomic E-state index is 0.173. The van der Waals surface area contributed by atoms with Crippen LogP contribution < -0.4 is 14.2 Å². The third-order valence-corrected chi connectivity index (χ3v) is 10.3. The molecule has 10 nitrogen and oxygen atoms in total. The largest absolute Gasteiger partial charge is 0.497 e. The number of halogens is 1. The number of aryl methyl sites for hydroxylation is 1. The van der Waals surface area contributed by atoms with Gasteiger partial charge in [-0.2, -0.15) is 0 Å². The van der Waals surface area contributed by atoms with E-state index < -0.39 is 5.54 Å². The van der Waals surface area contributed by atoms with Crippen molar-refractivity contribution in [3.8, 4) is 39.8 Å². The highest BCUT2D eigenvalue weighted by Crippen LogP contribution is 2.42. The van der Waals surface area contributed by atoms with Crippen LogP contribution in [0.25, 0.3) is 22.5 Å². The number of aliphatic hydroxyl groups excluding tert-OH is 1. The van der Waals surface area contributed by atoms with Crippen LogP contribution in [0, 0.1) is 0 Å². The molecule has 0 aliphatic carbocycles. The van der Waals surface area contributed by atoms with Gasteiger partial charge < -0.3 is 23.9 Å². The Kier molecular flexibility index (Phi) is 11.3. The minimum Gasteiger partial charge on any atom is -0.497 e. The summed E-state index contributed by atoms with van der Waals surface area (Å²) in [6, 6.07) is 40.2. The molecule has 0 amide bonds. The highest BCUT2D eigenvalue weighted by molar-refractivity contribution is 6.30. The highest BCUT2D eigenvalue weighted by Gasteiger charge is 2.42. The number of imidazole rings is 1.